The quantitative estimate of drug-likeness (QED) is 0.487. The largest absolute Gasteiger partial charge is 0.488 e. The molecule has 94 valence electrons. The zero-order valence-corrected chi connectivity index (χ0v) is 10.1. The van der Waals surface area contributed by atoms with Crippen LogP contribution in [0.3, 0.4) is 0 Å². The average Bonchev–Trinajstić information content (AvgIpc) is 2.34. The van der Waals surface area contributed by atoms with E-state index >= 15 is 0 Å². The summed E-state index contributed by atoms with van der Waals surface area (Å²) in [5.41, 5.74) is 0.904. The molecule has 0 saturated carbocycles. The first-order valence-corrected chi connectivity index (χ1v) is 5.95. The number of benzene rings is 1. The number of allylic oxidation sites excluding steroid dienone is 1. The van der Waals surface area contributed by atoms with E-state index < -0.39 is 6.08 Å². The fourth-order valence-electron chi connectivity index (χ4n) is 1.50. The number of ether oxygens (including phenoxy) is 1. The van der Waals surface area contributed by atoms with Gasteiger partial charge in [0.2, 0.25) is 0 Å². The van der Waals surface area contributed by atoms with Gasteiger partial charge in [-0.1, -0.05) is 50.1 Å². The van der Waals surface area contributed by atoms with E-state index in [9.17, 15) is 8.78 Å². The van der Waals surface area contributed by atoms with Gasteiger partial charge in [0.15, 0.2) is 5.76 Å². The Balaban J connectivity index is 2.43. The topological polar surface area (TPSA) is 9.23 Å². The summed E-state index contributed by atoms with van der Waals surface area (Å²) in [6, 6.07) is 9.34. The van der Waals surface area contributed by atoms with Crippen molar-refractivity contribution >= 4 is 0 Å². The minimum absolute atomic E-state index is 0.165. The van der Waals surface area contributed by atoms with E-state index in [1.807, 2.05) is 37.3 Å². The number of hydrogen-bond donors (Lipinski definition) is 0. The third-order valence-electron chi connectivity index (χ3n) is 2.47. The molecule has 0 N–H and O–H groups in total. The molecule has 3 heteroatoms. The van der Waals surface area contributed by atoms with E-state index in [0.29, 0.717) is 6.42 Å². The monoisotopic (exact) mass is 240 g/mol. The molecule has 1 rings (SSSR count). The second-order valence-corrected chi connectivity index (χ2v) is 3.91. The van der Waals surface area contributed by atoms with E-state index in [1.165, 1.54) is 0 Å². The first kappa shape index (κ1) is 13.7. The van der Waals surface area contributed by atoms with Crippen molar-refractivity contribution in [3.63, 3.8) is 0 Å². The highest BCUT2D eigenvalue weighted by molar-refractivity contribution is 5.14. The Labute approximate surface area is 101 Å². The number of hydrogen-bond acceptors (Lipinski definition) is 1. The minimum Gasteiger partial charge on any atom is -0.488 e. The van der Waals surface area contributed by atoms with Gasteiger partial charge in [-0.25, -0.2) is 0 Å². The van der Waals surface area contributed by atoms with E-state index in [0.717, 1.165) is 24.8 Å². The highest BCUT2D eigenvalue weighted by atomic mass is 19.3. The van der Waals surface area contributed by atoms with Gasteiger partial charge in [-0.15, -0.1) is 0 Å². The number of halogens is 2. The van der Waals surface area contributed by atoms with Crippen molar-refractivity contribution < 1.29 is 13.5 Å². The molecule has 0 fully saturated rings. The first-order valence-electron chi connectivity index (χ1n) is 5.95. The number of rotatable bonds is 7. The molecule has 1 aromatic rings. The Hall–Kier alpha value is -1.38. The van der Waals surface area contributed by atoms with Crippen LogP contribution < -0.4 is 0 Å². The van der Waals surface area contributed by atoms with Crippen molar-refractivity contribution in [1.82, 2.24) is 0 Å². The van der Waals surface area contributed by atoms with E-state index in [4.69, 9.17) is 4.74 Å². The van der Waals surface area contributed by atoms with Crippen LogP contribution in [0.15, 0.2) is 42.2 Å². The van der Waals surface area contributed by atoms with Crippen LogP contribution in [0.1, 0.15) is 38.2 Å². The van der Waals surface area contributed by atoms with E-state index in [1.54, 1.807) is 0 Å². The lowest BCUT2D eigenvalue weighted by atomic mass is 10.2. The molecule has 1 nitrogen and oxygen atoms in total. The van der Waals surface area contributed by atoms with Gasteiger partial charge in [0.1, 0.15) is 6.61 Å². The summed E-state index contributed by atoms with van der Waals surface area (Å²) in [6.07, 6.45) is 1.34. The number of unbranched alkanes of at least 4 members (excludes halogenated alkanes) is 2. The molecule has 1 aromatic carbocycles. The summed E-state index contributed by atoms with van der Waals surface area (Å²) < 4.78 is 30.3. The summed E-state index contributed by atoms with van der Waals surface area (Å²) >= 11 is 0. The highest BCUT2D eigenvalue weighted by Gasteiger charge is 2.07. The van der Waals surface area contributed by atoms with Crippen LogP contribution in [0.4, 0.5) is 8.78 Å². The minimum atomic E-state index is -1.70. The zero-order valence-electron chi connectivity index (χ0n) is 10.1. The van der Waals surface area contributed by atoms with Crippen LogP contribution in [0.25, 0.3) is 0 Å². The van der Waals surface area contributed by atoms with Crippen molar-refractivity contribution in [3.8, 4) is 0 Å². The molecule has 0 unspecified atom stereocenters. The summed E-state index contributed by atoms with van der Waals surface area (Å²) in [7, 11) is 0. The molecule has 0 radical (unpaired) electrons. The van der Waals surface area contributed by atoms with Crippen molar-refractivity contribution in [3.05, 3.63) is 47.7 Å². The maximum atomic E-state index is 12.6. The maximum absolute atomic E-state index is 12.6. The van der Waals surface area contributed by atoms with E-state index in [2.05, 4.69) is 0 Å². The third kappa shape index (κ3) is 5.48. The van der Waals surface area contributed by atoms with Crippen LogP contribution in [-0.4, -0.2) is 0 Å². The Morgan fingerprint density at radius 1 is 1.12 bits per heavy atom. The van der Waals surface area contributed by atoms with Crippen molar-refractivity contribution in [1.29, 1.82) is 0 Å². The molecule has 0 aliphatic rings. The summed E-state index contributed by atoms with van der Waals surface area (Å²) in [5.74, 6) is -0.165. The molecule has 0 heterocycles. The molecule has 0 bridgehead atoms. The van der Waals surface area contributed by atoms with Crippen LogP contribution in [0.5, 0.6) is 0 Å². The molecule has 0 aliphatic carbocycles. The van der Waals surface area contributed by atoms with Gasteiger partial charge < -0.3 is 4.74 Å². The van der Waals surface area contributed by atoms with Crippen molar-refractivity contribution in [2.45, 2.75) is 39.2 Å². The second-order valence-electron chi connectivity index (χ2n) is 3.91. The Bertz CT molecular complexity index is 342. The molecule has 0 aliphatic heterocycles. The highest BCUT2D eigenvalue weighted by Crippen LogP contribution is 2.18. The third-order valence-corrected chi connectivity index (χ3v) is 2.47. The van der Waals surface area contributed by atoms with Crippen LogP contribution in [-0.2, 0) is 11.3 Å². The Morgan fingerprint density at radius 2 is 1.82 bits per heavy atom. The lowest BCUT2D eigenvalue weighted by Gasteiger charge is -2.09. The Kier molecular flexibility index (Phi) is 6.30. The van der Waals surface area contributed by atoms with Gasteiger partial charge in [0.25, 0.3) is 0 Å². The predicted molar refractivity (Wildman–Crippen MR) is 64.6 cm³/mol. The standard InChI is InChI=1S/C14H18F2O/c1-2-3-5-10-13(14(15)16)17-11-12-8-6-4-7-9-12/h4,6-9H,2-3,5,10-11H2,1H3. The van der Waals surface area contributed by atoms with Crippen LogP contribution >= 0.6 is 0 Å². The fourth-order valence-corrected chi connectivity index (χ4v) is 1.50. The molecule has 0 saturated heterocycles. The molecule has 0 aromatic heterocycles. The SMILES string of the molecule is CCCCCC(OCc1ccccc1)=C(F)F. The summed E-state index contributed by atoms with van der Waals surface area (Å²) in [5, 5.41) is 0. The second kappa shape index (κ2) is 7.82. The molecule has 17 heavy (non-hydrogen) atoms. The summed E-state index contributed by atoms with van der Waals surface area (Å²) in [6.45, 7) is 2.25. The lowest BCUT2D eigenvalue weighted by Crippen LogP contribution is -1.95. The molecular formula is C14H18F2O. The van der Waals surface area contributed by atoms with Crippen molar-refractivity contribution in [2.24, 2.45) is 0 Å². The molecule has 0 spiro atoms. The van der Waals surface area contributed by atoms with Gasteiger partial charge in [0.05, 0.1) is 0 Å². The van der Waals surface area contributed by atoms with E-state index in [-0.39, 0.29) is 12.4 Å². The van der Waals surface area contributed by atoms with Crippen LogP contribution in [0, 0.1) is 0 Å². The molecule has 0 amide bonds. The van der Waals surface area contributed by atoms with Gasteiger partial charge >= 0.3 is 6.08 Å². The van der Waals surface area contributed by atoms with Gasteiger partial charge in [-0.05, 0) is 12.0 Å². The average molecular weight is 240 g/mol. The summed E-state index contributed by atoms with van der Waals surface area (Å²) in [4.78, 5) is 0. The zero-order chi connectivity index (χ0) is 12.5. The van der Waals surface area contributed by atoms with Crippen molar-refractivity contribution in [2.75, 3.05) is 0 Å². The Morgan fingerprint density at radius 3 is 2.41 bits per heavy atom. The maximum Gasteiger partial charge on any atom is 0.307 e. The van der Waals surface area contributed by atoms with Crippen LogP contribution in [0.2, 0.25) is 0 Å². The smallest absolute Gasteiger partial charge is 0.307 e. The lowest BCUT2D eigenvalue weighted by molar-refractivity contribution is 0.162. The molecule has 0 atom stereocenters. The van der Waals surface area contributed by atoms with Gasteiger partial charge in [-0.2, -0.15) is 8.78 Å². The van der Waals surface area contributed by atoms with Gasteiger partial charge in [0, 0.05) is 6.42 Å². The normalized spacial score (nSPS) is 10.1. The fraction of sp³-hybridized carbons (Fsp3) is 0.429. The molecular weight excluding hydrogens is 222 g/mol. The van der Waals surface area contributed by atoms with Gasteiger partial charge in [-0.3, -0.25) is 0 Å². The predicted octanol–water partition coefficient (Wildman–Crippen LogP) is 4.89. The first-order chi connectivity index (χ1) is 8.24.